The van der Waals surface area contributed by atoms with E-state index in [1.807, 2.05) is 9.62 Å². The first kappa shape index (κ1) is 24.7. The monoisotopic (exact) mass is 498 g/mol. The van der Waals surface area contributed by atoms with Crippen molar-refractivity contribution in [3.63, 3.8) is 0 Å². The van der Waals surface area contributed by atoms with E-state index in [0.717, 1.165) is 44.5 Å². The molecule has 7 nitrogen and oxygen atoms in total. The number of benzene rings is 1. The molecule has 1 aromatic heterocycles. The molecule has 11 heteroatoms. The number of piperidine rings is 1. The normalized spacial score (nSPS) is 22.4. The molecular formula is C23H29F3N4O3S. The number of nitrogens with zero attached hydrogens (tertiary/aromatic N) is 3. The minimum Gasteiger partial charge on any atom is -0.381 e. The Balaban J connectivity index is 1.57. The minimum atomic E-state index is -4.67. The zero-order valence-corrected chi connectivity index (χ0v) is 20.3. The van der Waals surface area contributed by atoms with Crippen LogP contribution in [0, 0.1) is 24.5 Å². The molecule has 2 aliphatic heterocycles. The number of sulfonamides is 1. The fourth-order valence-corrected chi connectivity index (χ4v) is 6.15. The number of halogens is 3. The van der Waals surface area contributed by atoms with Gasteiger partial charge in [-0.05, 0) is 51.3 Å². The zero-order valence-electron chi connectivity index (χ0n) is 19.4. The van der Waals surface area contributed by atoms with Gasteiger partial charge in [0.15, 0.2) is 10.7 Å². The molecule has 4 rings (SSSR count). The number of pyridine rings is 1. The SMILES string of the molecule is COC1CCN(C2(C)CCN(c3cc(F)c(S(=O)(=O)Nc4cccc(F)n4)c(F)c3C)C2)CC1. The van der Waals surface area contributed by atoms with Crippen molar-refractivity contribution in [2.45, 2.75) is 49.6 Å². The first-order chi connectivity index (χ1) is 16.0. The second kappa shape index (κ2) is 9.35. The zero-order chi connectivity index (χ0) is 24.7. The second-order valence-electron chi connectivity index (χ2n) is 9.19. The third kappa shape index (κ3) is 4.73. The van der Waals surface area contributed by atoms with Crippen LogP contribution in [0.5, 0.6) is 0 Å². The van der Waals surface area contributed by atoms with Crippen LogP contribution in [0.3, 0.4) is 0 Å². The van der Waals surface area contributed by atoms with E-state index < -0.39 is 32.5 Å². The van der Waals surface area contributed by atoms with Gasteiger partial charge in [-0.1, -0.05) is 6.07 Å². The van der Waals surface area contributed by atoms with Gasteiger partial charge in [0.05, 0.1) is 6.10 Å². The third-order valence-electron chi connectivity index (χ3n) is 6.95. The molecule has 1 aromatic carbocycles. The van der Waals surface area contributed by atoms with Gasteiger partial charge in [-0.2, -0.15) is 4.39 Å². The number of methoxy groups -OCH3 is 1. The molecule has 2 aliphatic rings. The van der Waals surface area contributed by atoms with Gasteiger partial charge in [-0.3, -0.25) is 9.62 Å². The Labute approximate surface area is 198 Å². The molecule has 1 unspecified atom stereocenters. The van der Waals surface area contributed by atoms with Crippen molar-refractivity contribution in [1.29, 1.82) is 0 Å². The predicted molar refractivity (Wildman–Crippen MR) is 123 cm³/mol. The summed E-state index contributed by atoms with van der Waals surface area (Å²) in [6.45, 7) is 6.53. The van der Waals surface area contributed by atoms with E-state index in [1.165, 1.54) is 19.1 Å². The van der Waals surface area contributed by atoms with Crippen molar-refractivity contribution in [1.82, 2.24) is 9.88 Å². The molecule has 0 radical (unpaired) electrons. The van der Waals surface area contributed by atoms with Crippen molar-refractivity contribution in [3.05, 3.63) is 47.4 Å². The highest BCUT2D eigenvalue weighted by atomic mass is 32.2. The number of ether oxygens (including phenoxy) is 1. The van der Waals surface area contributed by atoms with E-state index in [0.29, 0.717) is 18.8 Å². The fraction of sp³-hybridized carbons (Fsp3) is 0.522. The summed E-state index contributed by atoms with van der Waals surface area (Å²) < 4.78 is 76.5. The quantitative estimate of drug-likeness (QED) is 0.613. The fourth-order valence-electron chi connectivity index (χ4n) is 4.95. The van der Waals surface area contributed by atoms with E-state index in [2.05, 4.69) is 16.8 Å². The average molecular weight is 499 g/mol. The number of nitrogens with one attached hydrogen (secondary N) is 1. The summed E-state index contributed by atoms with van der Waals surface area (Å²) in [7, 11) is -2.95. The lowest BCUT2D eigenvalue weighted by Gasteiger charge is -2.42. The number of rotatable bonds is 6. The van der Waals surface area contributed by atoms with Crippen molar-refractivity contribution in [2.75, 3.05) is 42.9 Å². The van der Waals surface area contributed by atoms with Gasteiger partial charge in [0, 0.05) is 50.1 Å². The number of hydrogen-bond acceptors (Lipinski definition) is 6. The van der Waals surface area contributed by atoms with E-state index in [9.17, 15) is 12.8 Å². The molecule has 2 saturated heterocycles. The first-order valence-electron chi connectivity index (χ1n) is 11.2. The topological polar surface area (TPSA) is 74.8 Å². The Bertz CT molecular complexity index is 1170. The molecule has 0 spiro atoms. The maximum Gasteiger partial charge on any atom is 0.268 e. The predicted octanol–water partition coefficient (Wildman–Crippen LogP) is 3.69. The Morgan fingerprint density at radius 2 is 1.88 bits per heavy atom. The molecule has 186 valence electrons. The van der Waals surface area contributed by atoms with Crippen LogP contribution in [0.4, 0.5) is 24.7 Å². The summed E-state index contributed by atoms with van der Waals surface area (Å²) >= 11 is 0. The van der Waals surface area contributed by atoms with Gasteiger partial charge >= 0.3 is 0 Å². The highest BCUT2D eigenvalue weighted by Gasteiger charge is 2.41. The van der Waals surface area contributed by atoms with Crippen LogP contribution in [0.2, 0.25) is 0 Å². The van der Waals surface area contributed by atoms with Crippen molar-refractivity contribution in [2.24, 2.45) is 0 Å². The van der Waals surface area contributed by atoms with Crippen LogP contribution >= 0.6 is 0 Å². The summed E-state index contributed by atoms with van der Waals surface area (Å²) in [5.41, 5.74) is 0.206. The molecule has 0 amide bonds. The van der Waals surface area contributed by atoms with Gasteiger partial charge in [0.1, 0.15) is 11.6 Å². The maximum absolute atomic E-state index is 15.3. The Morgan fingerprint density at radius 1 is 1.18 bits per heavy atom. The van der Waals surface area contributed by atoms with Crippen molar-refractivity contribution < 1.29 is 26.3 Å². The Kier molecular flexibility index (Phi) is 6.80. The molecular weight excluding hydrogens is 469 g/mol. The maximum atomic E-state index is 15.3. The first-order valence-corrected chi connectivity index (χ1v) is 12.7. The molecule has 2 fully saturated rings. The summed E-state index contributed by atoms with van der Waals surface area (Å²) in [5.74, 6) is -3.67. The second-order valence-corrected chi connectivity index (χ2v) is 10.8. The van der Waals surface area contributed by atoms with Gasteiger partial charge in [0.2, 0.25) is 5.95 Å². The van der Waals surface area contributed by atoms with Gasteiger partial charge in [0.25, 0.3) is 10.0 Å². The Hall–Kier alpha value is -2.37. The minimum absolute atomic E-state index is 0.0383. The summed E-state index contributed by atoms with van der Waals surface area (Å²) in [5, 5.41) is 0. The molecule has 1 atom stereocenters. The van der Waals surface area contributed by atoms with Crippen LogP contribution in [0.25, 0.3) is 0 Å². The van der Waals surface area contributed by atoms with E-state index in [1.54, 1.807) is 7.11 Å². The van der Waals surface area contributed by atoms with E-state index in [4.69, 9.17) is 4.74 Å². The largest absolute Gasteiger partial charge is 0.381 e. The Morgan fingerprint density at radius 3 is 2.53 bits per heavy atom. The summed E-state index contributed by atoms with van der Waals surface area (Å²) in [4.78, 5) is 6.59. The number of anilines is 2. The van der Waals surface area contributed by atoms with E-state index >= 15 is 8.78 Å². The number of hydrogen-bond donors (Lipinski definition) is 1. The molecule has 0 aliphatic carbocycles. The molecule has 3 heterocycles. The number of likely N-dealkylation sites (tertiary alicyclic amines) is 1. The van der Waals surface area contributed by atoms with Crippen LogP contribution in [-0.2, 0) is 14.8 Å². The highest BCUT2D eigenvalue weighted by Crippen LogP contribution is 2.37. The molecule has 0 bridgehead atoms. The van der Waals surface area contributed by atoms with Gasteiger partial charge in [-0.15, -0.1) is 0 Å². The smallest absolute Gasteiger partial charge is 0.268 e. The average Bonchev–Trinajstić information content (AvgIpc) is 3.19. The molecule has 1 N–H and O–H groups in total. The van der Waals surface area contributed by atoms with E-state index in [-0.39, 0.29) is 23.0 Å². The summed E-state index contributed by atoms with van der Waals surface area (Å²) in [6, 6.07) is 4.53. The standard InChI is InChI=1S/C23H29F3N4O3S/c1-15-18(29-12-9-23(2,14-29)30-10-7-16(33-3)8-11-30)13-17(24)22(21(15)26)34(31,32)28-20-6-4-5-19(25)27-20/h4-6,13,16H,7-12,14H2,1-3H3,(H,27,28). The molecule has 0 saturated carbocycles. The van der Waals surface area contributed by atoms with Crippen LogP contribution in [0.15, 0.2) is 29.2 Å². The van der Waals surface area contributed by atoms with Crippen molar-refractivity contribution in [3.8, 4) is 0 Å². The molecule has 2 aromatic rings. The van der Waals surface area contributed by atoms with Crippen LogP contribution in [-0.4, -0.2) is 63.2 Å². The lowest BCUT2D eigenvalue weighted by Crippen LogP contribution is -2.52. The van der Waals surface area contributed by atoms with Gasteiger partial charge in [-0.25, -0.2) is 22.2 Å². The van der Waals surface area contributed by atoms with Gasteiger partial charge < -0.3 is 9.64 Å². The number of aromatic nitrogens is 1. The lowest BCUT2D eigenvalue weighted by atomic mass is 9.94. The summed E-state index contributed by atoms with van der Waals surface area (Å²) in [6.07, 6.45) is 2.95. The van der Waals surface area contributed by atoms with Crippen molar-refractivity contribution >= 4 is 21.5 Å². The third-order valence-corrected chi connectivity index (χ3v) is 8.34. The highest BCUT2D eigenvalue weighted by molar-refractivity contribution is 7.92. The van der Waals surface area contributed by atoms with Crippen LogP contribution in [0.1, 0.15) is 31.7 Å². The molecule has 34 heavy (non-hydrogen) atoms. The van der Waals surface area contributed by atoms with Crippen LogP contribution < -0.4 is 9.62 Å². The lowest BCUT2D eigenvalue weighted by molar-refractivity contribution is 0.00737.